The molecule has 0 saturated carbocycles. The number of nitrogens with zero attached hydrogens (tertiary/aromatic N) is 2. The van der Waals surface area contributed by atoms with Gasteiger partial charge in [-0.1, -0.05) is 43.7 Å². The second-order valence-electron chi connectivity index (χ2n) is 5.01. The van der Waals surface area contributed by atoms with Crippen LogP contribution in [-0.2, 0) is 6.42 Å². The number of aryl methyl sites for hydroxylation is 1. The first-order valence-corrected chi connectivity index (χ1v) is 6.96. The van der Waals surface area contributed by atoms with Gasteiger partial charge in [-0.2, -0.15) is 5.26 Å². The molecule has 0 radical (unpaired) electrons. The highest BCUT2D eigenvalue weighted by molar-refractivity contribution is 5.55. The summed E-state index contributed by atoms with van der Waals surface area (Å²) in [5.41, 5.74) is 9.27. The van der Waals surface area contributed by atoms with E-state index in [2.05, 4.69) is 23.2 Å². The van der Waals surface area contributed by atoms with Gasteiger partial charge in [-0.15, -0.1) is 5.10 Å². The van der Waals surface area contributed by atoms with Crippen LogP contribution in [0.5, 0.6) is 5.88 Å². The Morgan fingerprint density at radius 1 is 1.38 bits per heavy atom. The van der Waals surface area contributed by atoms with E-state index >= 15 is 0 Å². The summed E-state index contributed by atoms with van der Waals surface area (Å²) in [7, 11) is 0. The molecular formula is C16H16N4O. The van der Waals surface area contributed by atoms with Crippen LogP contribution in [0.3, 0.4) is 0 Å². The van der Waals surface area contributed by atoms with Gasteiger partial charge < -0.3 is 10.5 Å². The van der Waals surface area contributed by atoms with Crippen molar-refractivity contribution in [3.05, 3.63) is 58.6 Å². The molecule has 0 bridgehead atoms. The number of nitriles is 1. The third-order valence-corrected chi connectivity index (χ3v) is 3.65. The number of rotatable bonds is 3. The molecule has 0 aliphatic carbocycles. The predicted octanol–water partition coefficient (Wildman–Crippen LogP) is 2.58. The summed E-state index contributed by atoms with van der Waals surface area (Å²) in [6, 6.07) is 12.0. The van der Waals surface area contributed by atoms with Crippen LogP contribution in [0.15, 0.2) is 41.8 Å². The average Bonchev–Trinajstić information content (AvgIpc) is 2.89. The van der Waals surface area contributed by atoms with E-state index in [0.29, 0.717) is 11.5 Å². The Hall–Kier alpha value is -2.74. The minimum absolute atomic E-state index is 0.133. The molecule has 1 atom stereocenters. The lowest BCUT2D eigenvalue weighted by atomic mass is 9.83. The molecule has 0 amide bonds. The molecule has 1 aliphatic rings. The highest BCUT2D eigenvalue weighted by atomic mass is 16.5. The zero-order chi connectivity index (χ0) is 14.8. The van der Waals surface area contributed by atoms with Gasteiger partial charge in [-0.25, -0.2) is 0 Å². The topological polar surface area (TPSA) is 87.7 Å². The summed E-state index contributed by atoms with van der Waals surface area (Å²) in [6.45, 7) is 2.10. The molecule has 5 nitrogen and oxygen atoms in total. The smallest absolute Gasteiger partial charge is 0.244 e. The fourth-order valence-corrected chi connectivity index (χ4v) is 2.73. The number of benzene rings is 1. The number of aromatic nitrogens is 2. The molecule has 3 N–H and O–H groups in total. The van der Waals surface area contributed by atoms with E-state index in [-0.39, 0.29) is 11.8 Å². The number of hydrogen-bond acceptors (Lipinski definition) is 4. The average molecular weight is 280 g/mol. The second kappa shape index (κ2) is 5.33. The maximum absolute atomic E-state index is 9.48. The number of hydrogen-bond donors (Lipinski definition) is 2. The van der Waals surface area contributed by atoms with Crippen molar-refractivity contribution in [2.24, 2.45) is 5.73 Å². The molecule has 3 rings (SSSR count). The summed E-state index contributed by atoms with van der Waals surface area (Å²) in [5.74, 6) is 0.387. The first kappa shape index (κ1) is 13.3. The molecule has 1 aliphatic heterocycles. The molecule has 5 heteroatoms. The van der Waals surface area contributed by atoms with Crippen molar-refractivity contribution in [1.29, 1.82) is 5.26 Å². The molecule has 2 heterocycles. The zero-order valence-corrected chi connectivity index (χ0v) is 11.8. The first-order chi connectivity index (χ1) is 10.3. The molecule has 1 aromatic carbocycles. The van der Waals surface area contributed by atoms with Gasteiger partial charge in [0, 0.05) is 11.3 Å². The van der Waals surface area contributed by atoms with Gasteiger partial charge in [-0.3, -0.25) is 5.10 Å². The fourth-order valence-electron chi connectivity index (χ4n) is 2.73. The normalized spacial score (nSPS) is 17.0. The van der Waals surface area contributed by atoms with E-state index < -0.39 is 0 Å². The van der Waals surface area contributed by atoms with Gasteiger partial charge in [0.2, 0.25) is 11.8 Å². The largest absolute Gasteiger partial charge is 0.420 e. The first-order valence-electron chi connectivity index (χ1n) is 6.96. The van der Waals surface area contributed by atoms with Crippen molar-refractivity contribution in [3.8, 4) is 11.9 Å². The van der Waals surface area contributed by atoms with E-state index in [9.17, 15) is 5.26 Å². The third kappa shape index (κ3) is 2.15. The number of H-pyrrole nitrogens is 1. The van der Waals surface area contributed by atoms with E-state index in [4.69, 9.17) is 10.5 Å². The third-order valence-electron chi connectivity index (χ3n) is 3.65. The van der Waals surface area contributed by atoms with E-state index in [1.54, 1.807) is 0 Å². The Bertz CT molecular complexity index is 724. The van der Waals surface area contributed by atoms with E-state index in [0.717, 1.165) is 29.7 Å². The number of ether oxygens (including phenoxy) is 1. The Balaban J connectivity index is 2.20. The van der Waals surface area contributed by atoms with Crippen molar-refractivity contribution in [3.63, 3.8) is 0 Å². The standard InChI is InChI=1S/C16H16N4O/c1-2-6-12-14-13(10-7-4-3-5-8-10)11(9-17)15(18)21-16(14)20-19-12/h3-5,7-8,13H,2,6,18H2,1H3,(H,19,20)/t13-/m0/s1. The SMILES string of the molecule is CCCc1[nH]nc2c1[C@@H](c1ccccc1)C(C#N)=C(N)O2. The van der Waals surface area contributed by atoms with Gasteiger partial charge in [-0.05, 0) is 12.0 Å². The number of nitrogens with one attached hydrogen (secondary N) is 1. The van der Waals surface area contributed by atoms with Gasteiger partial charge >= 0.3 is 0 Å². The highest BCUT2D eigenvalue weighted by Crippen LogP contribution is 2.42. The molecule has 0 fully saturated rings. The quantitative estimate of drug-likeness (QED) is 0.904. The summed E-state index contributed by atoms with van der Waals surface area (Å²) < 4.78 is 5.51. The highest BCUT2D eigenvalue weighted by Gasteiger charge is 2.34. The van der Waals surface area contributed by atoms with E-state index in [1.165, 1.54) is 0 Å². The lowest BCUT2D eigenvalue weighted by Gasteiger charge is -2.24. The lowest BCUT2D eigenvalue weighted by Crippen LogP contribution is -2.21. The summed E-state index contributed by atoms with van der Waals surface area (Å²) in [4.78, 5) is 0. The molecule has 0 spiro atoms. The van der Waals surface area contributed by atoms with Crippen molar-refractivity contribution in [2.45, 2.75) is 25.7 Å². The summed E-state index contributed by atoms with van der Waals surface area (Å²) >= 11 is 0. The van der Waals surface area contributed by atoms with E-state index in [1.807, 2.05) is 30.3 Å². The summed E-state index contributed by atoms with van der Waals surface area (Å²) in [5, 5.41) is 16.7. The van der Waals surface area contributed by atoms with Crippen molar-refractivity contribution in [1.82, 2.24) is 10.2 Å². The number of aromatic amines is 1. The molecular weight excluding hydrogens is 264 g/mol. The Labute approximate surface area is 123 Å². The van der Waals surface area contributed by atoms with Gasteiger partial charge in [0.25, 0.3) is 0 Å². The second-order valence-corrected chi connectivity index (χ2v) is 5.01. The molecule has 0 unspecified atom stereocenters. The number of fused-ring (bicyclic) bond motifs is 1. The van der Waals surface area contributed by atoms with Crippen LogP contribution in [0.4, 0.5) is 0 Å². The van der Waals surface area contributed by atoms with Gasteiger partial charge in [0.1, 0.15) is 11.6 Å². The number of nitrogens with two attached hydrogens (primary N) is 1. The van der Waals surface area contributed by atoms with Crippen LogP contribution in [-0.4, -0.2) is 10.2 Å². The Kier molecular flexibility index (Phi) is 3.36. The van der Waals surface area contributed by atoms with Crippen molar-refractivity contribution >= 4 is 0 Å². The van der Waals surface area contributed by atoms with Crippen LogP contribution in [0.25, 0.3) is 0 Å². The lowest BCUT2D eigenvalue weighted by molar-refractivity contribution is 0.378. The monoisotopic (exact) mass is 280 g/mol. The van der Waals surface area contributed by atoms with Gasteiger partial charge in [0.15, 0.2) is 0 Å². The maximum Gasteiger partial charge on any atom is 0.244 e. The Morgan fingerprint density at radius 2 is 2.14 bits per heavy atom. The predicted molar refractivity (Wildman–Crippen MR) is 78.3 cm³/mol. The molecule has 106 valence electrons. The van der Waals surface area contributed by atoms with Crippen molar-refractivity contribution < 1.29 is 4.74 Å². The van der Waals surface area contributed by atoms with Crippen LogP contribution >= 0.6 is 0 Å². The minimum atomic E-state index is -0.222. The zero-order valence-electron chi connectivity index (χ0n) is 11.8. The molecule has 2 aromatic rings. The molecule has 21 heavy (non-hydrogen) atoms. The molecule has 1 aromatic heterocycles. The van der Waals surface area contributed by atoms with Crippen LogP contribution in [0, 0.1) is 11.3 Å². The van der Waals surface area contributed by atoms with Crippen LogP contribution in [0.2, 0.25) is 0 Å². The van der Waals surface area contributed by atoms with Crippen LogP contribution in [0.1, 0.15) is 36.1 Å². The van der Waals surface area contributed by atoms with Crippen LogP contribution < -0.4 is 10.5 Å². The Morgan fingerprint density at radius 3 is 2.81 bits per heavy atom. The number of allylic oxidation sites excluding steroid dienone is 1. The fraction of sp³-hybridized carbons (Fsp3) is 0.250. The van der Waals surface area contributed by atoms with Crippen molar-refractivity contribution in [2.75, 3.05) is 0 Å². The molecule has 0 saturated heterocycles. The maximum atomic E-state index is 9.48. The minimum Gasteiger partial charge on any atom is -0.420 e. The van der Waals surface area contributed by atoms with Gasteiger partial charge in [0.05, 0.1) is 5.92 Å². The summed E-state index contributed by atoms with van der Waals surface area (Å²) in [6.07, 6.45) is 1.84.